The lowest BCUT2D eigenvalue weighted by atomic mass is 10.1. The minimum atomic E-state index is 0.0688. The zero-order valence-electron chi connectivity index (χ0n) is 14.2. The first-order chi connectivity index (χ1) is 11.5. The van der Waals surface area contributed by atoms with Crippen molar-refractivity contribution in [2.24, 2.45) is 0 Å². The number of benzene rings is 2. The van der Waals surface area contributed by atoms with E-state index >= 15 is 0 Å². The van der Waals surface area contributed by atoms with Crippen LogP contribution in [-0.4, -0.2) is 73.3 Å². The van der Waals surface area contributed by atoms with E-state index in [1.807, 2.05) is 47.4 Å². The van der Waals surface area contributed by atoms with Gasteiger partial charge in [0, 0.05) is 45.8 Å². The van der Waals surface area contributed by atoms with Gasteiger partial charge in [0.25, 0.3) is 5.91 Å². The van der Waals surface area contributed by atoms with E-state index < -0.39 is 0 Å². The predicted octanol–water partition coefficient (Wildman–Crippen LogP) is 1.69. The molecule has 2 aromatic carbocycles. The lowest BCUT2D eigenvalue weighted by Gasteiger charge is -2.34. The summed E-state index contributed by atoms with van der Waals surface area (Å²) in [5.41, 5.74) is 0.728. The lowest BCUT2D eigenvalue weighted by molar-refractivity contribution is -0.130. The average molecular weight is 325 g/mol. The molecule has 0 aliphatic carbocycles. The molecule has 2 amide bonds. The molecule has 1 saturated heterocycles. The minimum Gasteiger partial charge on any atom is -0.348 e. The molecular weight excluding hydrogens is 302 g/mol. The van der Waals surface area contributed by atoms with Gasteiger partial charge in [0.2, 0.25) is 5.91 Å². The summed E-state index contributed by atoms with van der Waals surface area (Å²) >= 11 is 0. The quantitative estimate of drug-likeness (QED) is 0.862. The Hall–Kier alpha value is -2.40. The monoisotopic (exact) mass is 325 g/mol. The van der Waals surface area contributed by atoms with E-state index in [4.69, 9.17) is 0 Å². The smallest absolute Gasteiger partial charge is 0.253 e. The lowest BCUT2D eigenvalue weighted by Crippen LogP contribution is -2.51. The molecule has 0 N–H and O–H groups in total. The van der Waals surface area contributed by atoms with Gasteiger partial charge in [0.05, 0.1) is 6.54 Å². The second kappa shape index (κ2) is 7.01. The number of hydrogen-bond donors (Lipinski definition) is 0. The normalized spacial score (nSPS) is 15.5. The van der Waals surface area contributed by atoms with Gasteiger partial charge in [-0.2, -0.15) is 0 Å². The molecule has 126 valence electrons. The molecule has 0 spiro atoms. The van der Waals surface area contributed by atoms with Crippen molar-refractivity contribution in [3.05, 3.63) is 48.0 Å². The molecule has 24 heavy (non-hydrogen) atoms. The number of carbonyl (C=O) groups excluding carboxylic acids is 2. The molecule has 3 rings (SSSR count). The maximum Gasteiger partial charge on any atom is 0.253 e. The second-order valence-corrected chi connectivity index (χ2v) is 6.42. The van der Waals surface area contributed by atoms with Gasteiger partial charge < -0.3 is 9.80 Å². The highest BCUT2D eigenvalue weighted by atomic mass is 16.2. The number of piperazine rings is 1. The maximum absolute atomic E-state index is 12.7. The summed E-state index contributed by atoms with van der Waals surface area (Å²) in [5, 5.41) is 2.22. The van der Waals surface area contributed by atoms with E-state index in [1.54, 1.807) is 19.0 Å². The highest BCUT2D eigenvalue weighted by Crippen LogP contribution is 2.17. The molecule has 1 heterocycles. The topological polar surface area (TPSA) is 43.9 Å². The summed E-state index contributed by atoms with van der Waals surface area (Å²) in [6.45, 7) is 3.21. The molecular formula is C19H23N3O2. The van der Waals surface area contributed by atoms with E-state index in [2.05, 4.69) is 4.90 Å². The van der Waals surface area contributed by atoms with Gasteiger partial charge in [-0.15, -0.1) is 0 Å². The minimum absolute atomic E-state index is 0.0688. The third-order valence-electron chi connectivity index (χ3n) is 4.51. The summed E-state index contributed by atoms with van der Waals surface area (Å²) in [7, 11) is 3.53. The molecule has 0 aromatic heterocycles. The van der Waals surface area contributed by atoms with Crippen LogP contribution in [0.25, 0.3) is 10.8 Å². The third kappa shape index (κ3) is 3.57. The highest BCUT2D eigenvalue weighted by Gasteiger charge is 2.23. The van der Waals surface area contributed by atoms with E-state index in [0.717, 1.165) is 29.4 Å². The van der Waals surface area contributed by atoms with Gasteiger partial charge in [-0.1, -0.05) is 30.3 Å². The van der Waals surface area contributed by atoms with Crippen LogP contribution < -0.4 is 0 Å². The number of likely N-dealkylation sites (N-methyl/N-ethyl adjacent to an activating group) is 1. The van der Waals surface area contributed by atoms with Crippen LogP contribution in [0.4, 0.5) is 0 Å². The molecule has 1 fully saturated rings. The van der Waals surface area contributed by atoms with Gasteiger partial charge in [-0.05, 0) is 22.9 Å². The van der Waals surface area contributed by atoms with E-state index in [9.17, 15) is 9.59 Å². The van der Waals surface area contributed by atoms with Gasteiger partial charge in [-0.3, -0.25) is 14.5 Å². The first-order valence-corrected chi connectivity index (χ1v) is 8.25. The maximum atomic E-state index is 12.7. The Labute approximate surface area is 142 Å². The molecule has 0 saturated carbocycles. The molecule has 0 atom stereocenters. The summed E-state index contributed by atoms with van der Waals surface area (Å²) in [5.74, 6) is 0.170. The van der Waals surface area contributed by atoms with Gasteiger partial charge in [0.1, 0.15) is 0 Å². The van der Waals surface area contributed by atoms with Crippen LogP contribution in [0.15, 0.2) is 42.5 Å². The molecule has 0 bridgehead atoms. The van der Waals surface area contributed by atoms with Crippen molar-refractivity contribution in [2.45, 2.75) is 0 Å². The molecule has 2 aromatic rings. The number of hydrogen-bond acceptors (Lipinski definition) is 3. The van der Waals surface area contributed by atoms with Crippen LogP contribution in [0.2, 0.25) is 0 Å². The van der Waals surface area contributed by atoms with E-state index in [0.29, 0.717) is 19.6 Å². The molecule has 0 radical (unpaired) electrons. The van der Waals surface area contributed by atoms with Gasteiger partial charge in [0.15, 0.2) is 0 Å². The Morgan fingerprint density at radius 3 is 2.29 bits per heavy atom. The Morgan fingerprint density at radius 2 is 1.62 bits per heavy atom. The molecule has 1 aliphatic heterocycles. The van der Waals surface area contributed by atoms with Crippen LogP contribution in [0.1, 0.15) is 10.4 Å². The van der Waals surface area contributed by atoms with Crippen LogP contribution >= 0.6 is 0 Å². The first-order valence-electron chi connectivity index (χ1n) is 8.25. The van der Waals surface area contributed by atoms with E-state index in [-0.39, 0.29) is 11.8 Å². The fourth-order valence-corrected chi connectivity index (χ4v) is 2.95. The van der Waals surface area contributed by atoms with Crippen molar-refractivity contribution in [1.82, 2.24) is 14.7 Å². The number of fused-ring (bicyclic) bond motifs is 1. The van der Waals surface area contributed by atoms with Crippen molar-refractivity contribution in [3.63, 3.8) is 0 Å². The van der Waals surface area contributed by atoms with Crippen molar-refractivity contribution < 1.29 is 9.59 Å². The summed E-state index contributed by atoms with van der Waals surface area (Å²) in [6, 6.07) is 13.9. The fourth-order valence-electron chi connectivity index (χ4n) is 2.95. The Balaban J connectivity index is 1.63. The number of amides is 2. The largest absolute Gasteiger partial charge is 0.348 e. The average Bonchev–Trinajstić information content (AvgIpc) is 2.61. The van der Waals surface area contributed by atoms with Crippen molar-refractivity contribution in [2.75, 3.05) is 46.8 Å². The molecule has 5 nitrogen and oxygen atoms in total. The standard InChI is InChI=1S/C19H23N3O2/c1-20(2)18(23)14-21-9-11-22(12-10-21)19(24)17-8-7-15-5-3-4-6-16(15)13-17/h3-8,13H,9-12,14H2,1-2H3. The number of nitrogens with zero attached hydrogens (tertiary/aromatic N) is 3. The van der Waals surface area contributed by atoms with Crippen LogP contribution in [0.3, 0.4) is 0 Å². The first kappa shape index (κ1) is 16.5. The van der Waals surface area contributed by atoms with Gasteiger partial charge >= 0.3 is 0 Å². The van der Waals surface area contributed by atoms with E-state index in [1.165, 1.54) is 0 Å². The number of rotatable bonds is 3. The molecule has 5 heteroatoms. The van der Waals surface area contributed by atoms with Crippen molar-refractivity contribution >= 4 is 22.6 Å². The van der Waals surface area contributed by atoms with Gasteiger partial charge in [-0.25, -0.2) is 0 Å². The molecule has 1 aliphatic rings. The summed E-state index contributed by atoms with van der Waals surface area (Å²) in [4.78, 5) is 30.1. The summed E-state index contributed by atoms with van der Waals surface area (Å²) in [6.07, 6.45) is 0. The third-order valence-corrected chi connectivity index (χ3v) is 4.51. The number of carbonyl (C=O) groups is 2. The van der Waals surface area contributed by atoms with Crippen molar-refractivity contribution in [1.29, 1.82) is 0 Å². The zero-order chi connectivity index (χ0) is 17.1. The summed E-state index contributed by atoms with van der Waals surface area (Å²) < 4.78 is 0. The Morgan fingerprint density at radius 1 is 0.958 bits per heavy atom. The SMILES string of the molecule is CN(C)C(=O)CN1CCN(C(=O)c2ccc3ccccc3c2)CC1. The second-order valence-electron chi connectivity index (χ2n) is 6.42. The van der Waals surface area contributed by atoms with Crippen LogP contribution in [0, 0.1) is 0 Å². The van der Waals surface area contributed by atoms with Crippen molar-refractivity contribution in [3.8, 4) is 0 Å². The molecule has 0 unspecified atom stereocenters. The Bertz CT molecular complexity index is 749. The van der Waals surface area contributed by atoms with Crippen LogP contribution in [-0.2, 0) is 4.79 Å². The van der Waals surface area contributed by atoms with Crippen LogP contribution in [0.5, 0.6) is 0 Å². The predicted molar refractivity (Wildman–Crippen MR) is 95.0 cm³/mol. The highest BCUT2D eigenvalue weighted by molar-refractivity contribution is 5.98. The zero-order valence-corrected chi connectivity index (χ0v) is 14.2. The fraction of sp³-hybridized carbons (Fsp3) is 0.368. The Kier molecular flexibility index (Phi) is 4.81.